The van der Waals surface area contributed by atoms with Crippen LogP contribution in [0.25, 0.3) is 0 Å². The van der Waals surface area contributed by atoms with E-state index in [0.717, 1.165) is 29.8 Å². The first-order valence-corrected chi connectivity index (χ1v) is 6.83. The van der Waals surface area contributed by atoms with Gasteiger partial charge in [0.05, 0.1) is 4.88 Å². The number of aldehydes is 1. The number of carbonyl (C=O) groups excluding carboxylic acids is 1. The minimum absolute atomic E-state index is 0.790. The van der Waals surface area contributed by atoms with Crippen LogP contribution in [0.4, 0.5) is 5.69 Å². The van der Waals surface area contributed by atoms with E-state index in [-0.39, 0.29) is 0 Å². The fraction of sp³-hybridized carbons (Fsp3) is 0.250. The highest BCUT2D eigenvalue weighted by Crippen LogP contribution is 2.21. The van der Waals surface area contributed by atoms with Crippen molar-refractivity contribution >= 4 is 34.6 Å². The molecule has 4 heteroatoms. The van der Waals surface area contributed by atoms with Crippen molar-refractivity contribution in [1.29, 1.82) is 0 Å². The molecule has 0 aliphatic carbocycles. The summed E-state index contributed by atoms with van der Waals surface area (Å²) < 4.78 is 0. The third-order valence-electron chi connectivity index (χ3n) is 2.44. The molecular formula is C12H13NOS2. The van der Waals surface area contributed by atoms with Gasteiger partial charge in [-0.2, -0.15) is 0 Å². The molecule has 0 fully saturated rings. The predicted molar refractivity (Wildman–Crippen MR) is 71.0 cm³/mol. The largest absolute Gasteiger partial charge is 0.374 e. The molecule has 2 aromatic rings. The van der Waals surface area contributed by atoms with Gasteiger partial charge in [0.15, 0.2) is 6.29 Å². The molecule has 0 amide bonds. The Balaban J connectivity index is 1.92. The van der Waals surface area contributed by atoms with Gasteiger partial charge in [0, 0.05) is 29.5 Å². The van der Waals surface area contributed by atoms with E-state index in [2.05, 4.69) is 29.5 Å². The summed E-state index contributed by atoms with van der Waals surface area (Å²) in [5.74, 6) is 0. The number of hydrogen-bond donors (Lipinski definition) is 0. The van der Waals surface area contributed by atoms with Crippen LogP contribution in [0.2, 0.25) is 0 Å². The monoisotopic (exact) mass is 251 g/mol. The molecule has 0 atom stereocenters. The van der Waals surface area contributed by atoms with E-state index in [1.54, 1.807) is 11.3 Å². The average Bonchev–Trinajstić information content (AvgIpc) is 2.96. The maximum atomic E-state index is 10.6. The van der Waals surface area contributed by atoms with Gasteiger partial charge in [0.1, 0.15) is 0 Å². The number of anilines is 1. The smallest absolute Gasteiger partial charge is 0.160 e. The number of likely N-dealkylation sites (N-methyl/N-ethyl adjacent to an activating group) is 1. The first-order valence-electron chi connectivity index (χ1n) is 5.07. The van der Waals surface area contributed by atoms with Crippen molar-refractivity contribution < 1.29 is 4.79 Å². The van der Waals surface area contributed by atoms with Crippen LogP contribution in [0.15, 0.2) is 29.0 Å². The molecule has 0 aliphatic rings. The first kappa shape index (κ1) is 11.4. The van der Waals surface area contributed by atoms with E-state index < -0.39 is 0 Å². The van der Waals surface area contributed by atoms with Crippen molar-refractivity contribution in [3.8, 4) is 0 Å². The summed E-state index contributed by atoms with van der Waals surface area (Å²) in [6, 6.07) is 6.17. The number of nitrogens with zero attached hydrogens (tertiary/aromatic N) is 1. The molecule has 0 spiro atoms. The molecule has 2 nitrogen and oxygen atoms in total. The number of thiophene rings is 2. The van der Waals surface area contributed by atoms with Crippen molar-refractivity contribution in [3.05, 3.63) is 38.7 Å². The van der Waals surface area contributed by atoms with Crippen molar-refractivity contribution in [2.75, 3.05) is 18.5 Å². The van der Waals surface area contributed by atoms with Crippen molar-refractivity contribution in [3.63, 3.8) is 0 Å². The van der Waals surface area contributed by atoms with E-state index in [9.17, 15) is 4.79 Å². The molecule has 0 radical (unpaired) electrons. The van der Waals surface area contributed by atoms with Crippen molar-refractivity contribution in [2.45, 2.75) is 6.42 Å². The molecule has 0 N–H and O–H groups in total. The minimum atomic E-state index is 0.790. The van der Waals surface area contributed by atoms with Crippen LogP contribution in [-0.4, -0.2) is 19.9 Å². The molecule has 2 rings (SSSR count). The van der Waals surface area contributed by atoms with Gasteiger partial charge in [0.25, 0.3) is 0 Å². The zero-order valence-electron chi connectivity index (χ0n) is 9.05. The van der Waals surface area contributed by atoms with Crippen molar-refractivity contribution in [1.82, 2.24) is 0 Å². The lowest BCUT2D eigenvalue weighted by Gasteiger charge is -2.16. The Morgan fingerprint density at radius 1 is 1.44 bits per heavy atom. The summed E-state index contributed by atoms with van der Waals surface area (Å²) in [6.45, 7) is 0.982. The SMILES string of the molecule is CN(CCc1cccs1)c1csc(C=O)c1. The third-order valence-corrected chi connectivity index (χ3v) is 4.22. The molecule has 0 saturated heterocycles. The Bertz CT molecular complexity index is 447. The highest BCUT2D eigenvalue weighted by atomic mass is 32.1. The van der Waals surface area contributed by atoms with Crippen LogP contribution in [0, 0.1) is 0 Å². The van der Waals surface area contributed by atoms with Gasteiger partial charge in [-0.3, -0.25) is 4.79 Å². The zero-order valence-corrected chi connectivity index (χ0v) is 10.7. The van der Waals surface area contributed by atoms with E-state index in [1.165, 1.54) is 16.2 Å². The molecule has 0 unspecified atom stereocenters. The van der Waals surface area contributed by atoms with Gasteiger partial charge in [-0.05, 0) is 23.9 Å². The average molecular weight is 251 g/mol. The Hall–Kier alpha value is -1.13. The van der Waals surface area contributed by atoms with E-state index >= 15 is 0 Å². The Morgan fingerprint density at radius 2 is 2.31 bits per heavy atom. The minimum Gasteiger partial charge on any atom is -0.374 e. The van der Waals surface area contributed by atoms with Crippen LogP contribution in [0.3, 0.4) is 0 Å². The van der Waals surface area contributed by atoms with Gasteiger partial charge >= 0.3 is 0 Å². The van der Waals surface area contributed by atoms with Gasteiger partial charge in [0.2, 0.25) is 0 Å². The standard InChI is InChI=1S/C12H13NOS2/c1-13(5-4-11-3-2-6-15-11)10-7-12(8-14)16-9-10/h2-3,6-9H,4-5H2,1H3. The number of carbonyl (C=O) groups is 1. The second kappa shape index (κ2) is 5.27. The molecule has 2 aromatic heterocycles. The van der Waals surface area contributed by atoms with Gasteiger partial charge < -0.3 is 4.90 Å². The molecule has 16 heavy (non-hydrogen) atoms. The molecule has 0 bridgehead atoms. The number of hydrogen-bond acceptors (Lipinski definition) is 4. The lowest BCUT2D eigenvalue weighted by atomic mass is 10.3. The third kappa shape index (κ3) is 2.71. The first-order chi connectivity index (χ1) is 7.79. The van der Waals surface area contributed by atoms with Crippen molar-refractivity contribution in [2.24, 2.45) is 0 Å². The topological polar surface area (TPSA) is 20.3 Å². The summed E-state index contributed by atoms with van der Waals surface area (Å²) in [6.07, 6.45) is 1.96. The quantitative estimate of drug-likeness (QED) is 0.760. The molecule has 84 valence electrons. The highest BCUT2D eigenvalue weighted by Gasteiger charge is 2.04. The van der Waals surface area contributed by atoms with Crippen LogP contribution >= 0.6 is 22.7 Å². The van der Waals surface area contributed by atoms with Crippen LogP contribution in [0.5, 0.6) is 0 Å². The fourth-order valence-corrected chi connectivity index (χ4v) is 2.91. The van der Waals surface area contributed by atoms with E-state index in [1.807, 2.05) is 11.4 Å². The van der Waals surface area contributed by atoms with Crippen LogP contribution < -0.4 is 4.90 Å². The fourth-order valence-electron chi connectivity index (χ4n) is 1.47. The van der Waals surface area contributed by atoms with Crippen LogP contribution in [-0.2, 0) is 6.42 Å². The van der Waals surface area contributed by atoms with E-state index in [0.29, 0.717) is 0 Å². The second-order valence-corrected chi connectivity index (χ2v) is 5.55. The summed E-state index contributed by atoms with van der Waals surface area (Å²) in [7, 11) is 2.06. The predicted octanol–water partition coefficient (Wildman–Crippen LogP) is 3.30. The molecular weight excluding hydrogens is 238 g/mol. The zero-order chi connectivity index (χ0) is 11.4. The summed E-state index contributed by atoms with van der Waals surface area (Å²) in [4.78, 5) is 15.0. The normalized spacial score (nSPS) is 10.3. The maximum Gasteiger partial charge on any atom is 0.160 e. The van der Waals surface area contributed by atoms with Gasteiger partial charge in [-0.1, -0.05) is 6.07 Å². The summed E-state index contributed by atoms with van der Waals surface area (Å²) in [5, 5.41) is 4.13. The molecule has 0 aromatic carbocycles. The summed E-state index contributed by atoms with van der Waals surface area (Å²) in [5.41, 5.74) is 1.13. The maximum absolute atomic E-state index is 10.6. The Labute approximate surface area is 103 Å². The Morgan fingerprint density at radius 3 is 2.94 bits per heavy atom. The van der Waals surface area contributed by atoms with Gasteiger partial charge in [-0.15, -0.1) is 22.7 Å². The molecule has 2 heterocycles. The van der Waals surface area contributed by atoms with Gasteiger partial charge in [-0.25, -0.2) is 0 Å². The highest BCUT2D eigenvalue weighted by molar-refractivity contribution is 7.12. The second-order valence-electron chi connectivity index (χ2n) is 3.58. The van der Waals surface area contributed by atoms with E-state index in [4.69, 9.17) is 0 Å². The van der Waals surface area contributed by atoms with Crippen LogP contribution in [0.1, 0.15) is 14.5 Å². The summed E-state index contributed by atoms with van der Waals surface area (Å²) >= 11 is 3.28. The lowest BCUT2D eigenvalue weighted by Crippen LogP contribution is -2.19. The Kier molecular flexibility index (Phi) is 3.74. The molecule has 0 aliphatic heterocycles. The lowest BCUT2D eigenvalue weighted by molar-refractivity contribution is 0.112. The number of rotatable bonds is 5. The molecule has 0 saturated carbocycles.